The molecule has 0 atom stereocenters. The predicted molar refractivity (Wildman–Crippen MR) is 131 cm³/mol. The van der Waals surface area contributed by atoms with Crippen LogP contribution in [0.1, 0.15) is 0 Å². The Morgan fingerprint density at radius 2 is 1.67 bits per heavy atom. The van der Waals surface area contributed by atoms with Crippen molar-refractivity contribution >= 4 is 43.4 Å². The molecule has 5 rings (SSSR count). The number of anilines is 1. The predicted octanol–water partition coefficient (Wildman–Crippen LogP) is 4.19. The van der Waals surface area contributed by atoms with E-state index in [1.165, 1.54) is 0 Å². The maximum atomic E-state index is 12.7. The van der Waals surface area contributed by atoms with Crippen LogP contribution in [0.15, 0.2) is 54.6 Å². The summed E-state index contributed by atoms with van der Waals surface area (Å²) in [5.41, 5.74) is 0.805. The van der Waals surface area contributed by atoms with Crippen LogP contribution in [-0.2, 0) is 4.79 Å². The highest BCUT2D eigenvalue weighted by Gasteiger charge is 2.24. The fraction of sp³-hybridized carbons (Fsp3) is 0.280. The summed E-state index contributed by atoms with van der Waals surface area (Å²) in [5.74, 6) is 2.22. The Balaban J connectivity index is 1.21. The molecule has 2 heterocycles. The zero-order valence-electron chi connectivity index (χ0n) is 18.6. The quantitative estimate of drug-likeness (QED) is 0.427. The number of rotatable bonds is 6. The molecule has 8 heteroatoms. The first kappa shape index (κ1) is 21.3. The lowest BCUT2D eigenvalue weighted by atomic mass is 10.1. The molecule has 0 N–H and O–H groups in total. The molecule has 33 heavy (non-hydrogen) atoms. The summed E-state index contributed by atoms with van der Waals surface area (Å²) < 4.78 is 17.7. The van der Waals surface area contributed by atoms with Gasteiger partial charge >= 0.3 is 0 Å². The number of piperazine rings is 1. The highest BCUT2D eigenvalue weighted by atomic mass is 32.1. The Kier molecular flexibility index (Phi) is 5.92. The number of nitrogens with zero attached hydrogens (tertiary/aromatic N) is 3. The number of benzene rings is 3. The number of thiazole rings is 1. The molecule has 1 fully saturated rings. The Morgan fingerprint density at radius 1 is 0.939 bits per heavy atom. The zero-order valence-corrected chi connectivity index (χ0v) is 19.4. The topological polar surface area (TPSA) is 64.1 Å². The molecule has 1 aliphatic rings. The summed E-state index contributed by atoms with van der Waals surface area (Å²) in [6.07, 6.45) is 0. The molecule has 1 aliphatic heterocycles. The first-order valence-corrected chi connectivity index (χ1v) is 11.6. The van der Waals surface area contributed by atoms with E-state index in [4.69, 9.17) is 19.2 Å². The maximum Gasteiger partial charge on any atom is 0.260 e. The number of carbonyl (C=O) groups is 1. The molecule has 7 nitrogen and oxygen atoms in total. The van der Waals surface area contributed by atoms with E-state index >= 15 is 0 Å². The Bertz CT molecular complexity index is 1260. The summed E-state index contributed by atoms with van der Waals surface area (Å²) in [7, 11) is 3.30. The van der Waals surface area contributed by atoms with Crippen molar-refractivity contribution in [2.24, 2.45) is 0 Å². The van der Waals surface area contributed by atoms with Gasteiger partial charge in [0.2, 0.25) is 0 Å². The molecular weight excluding hydrogens is 438 g/mol. The lowest BCUT2D eigenvalue weighted by molar-refractivity contribution is -0.133. The van der Waals surface area contributed by atoms with Gasteiger partial charge in [0.25, 0.3) is 5.91 Å². The molecule has 4 aromatic rings. The second-order valence-corrected chi connectivity index (χ2v) is 8.79. The van der Waals surface area contributed by atoms with E-state index in [2.05, 4.69) is 11.0 Å². The fourth-order valence-electron chi connectivity index (χ4n) is 4.05. The minimum atomic E-state index is -0.00422. The van der Waals surface area contributed by atoms with Gasteiger partial charge < -0.3 is 24.0 Å². The molecule has 1 aromatic heterocycles. The molecular formula is C25H25N3O4S. The van der Waals surface area contributed by atoms with Gasteiger partial charge in [-0.1, -0.05) is 41.7 Å². The van der Waals surface area contributed by atoms with Crippen molar-refractivity contribution in [3.05, 3.63) is 54.6 Å². The maximum absolute atomic E-state index is 12.7. The van der Waals surface area contributed by atoms with Gasteiger partial charge in [0, 0.05) is 26.2 Å². The van der Waals surface area contributed by atoms with Gasteiger partial charge in [-0.25, -0.2) is 4.98 Å². The van der Waals surface area contributed by atoms with E-state index in [-0.39, 0.29) is 12.5 Å². The van der Waals surface area contributed by atoms with Gasteiger partial charge in [-0.05, 0) is 35.0 Å². The normalized spacial score (nSPS) is 14.0. The average Bonchev–Trinajstić information content (AvgIpc) is 3.32. The second-order valence-electron chi connectivity index (χ2n) is 7.81. The first-order chi connectivity index (χ1) is 16.2. The van der Waals surface area contributed by atoms with Crippen LogP contribution in [0.2, 0.25) is 0 Å². The van der Waals surface area contributed by atoms with Crippen LogP contribution in [-0.4, -0.2) is 62.8 Å². The summed E-state index contributed by atoms with van der Waals surface area (Å²) in [6, 6.07) is 17.8. The summed E-state index contributed by atoms with van der Waals surface area (Å²) in [4.78, 5) is 21.6. The lowest BCUT2D eigenvalue weighted by Gasteiger charge is -2.34. The van der Waals surface area contributed by atoms with Gasteiger partial charge in [0.05, 0.1) is 14.2 Å². The van der Waals surface area contributed by atoms with Crippen molar-refractivity contribution in [2.75, 3.05) is 51.9 Å². The first-order valence-electron chi connectivity index (χ1n) is 10.8. The number of aromatic nitrogens is 1. The molecule has 1 saturated heterocycles. The molecule has 0 bridgehead atoms. The van der Waals surface area contributed by atoms with Crippen LogP contribution in [0.5, 0.6) is 17.2 Å². The third-order valence-electron chi connectivity index (χ3n) is 5.89. The standard InChI is InChI=1S/C25H25N3O4S/c1-30-20-9-10-21(31-2)24-23(20)26-25(33-24)28-13-11-27(12-14-28)22(29)16-32-19-8-7-17-5-3-4-6-18(17)15-19/h3-10,15H,11-14,16H2,1-2H3. The Hall–Kier alpha value is -3.52. The van der Waals surface area contributed by atoms with E-state index in [1.54, 1.807) is 25.6 Å². The van der Waals surface area contributed by atoms with Gasteiger partial charge in [-0.2, -0.15) is 0 Å². The minimum Gasteiger partial charge on any atom is -0.495 e. The van der Waals surface area contributed by atoms with Gasteiger partial charge in [-0.3, -0.25) is 4.79 Å². The number of methoxy groups -OCH3 is 2. The highest BCUT2D eigenvalue weighted by molar-refractivity contribution is 7.22. The molecule has 0 spiro atoms. The van der Waals surface area contributed by atoms with E-state index in [0.29, 0.717) is 31.9 Å². The SMILES string of the molecule is COc1ccc(OC)c2sc(N3CCN(C(=O)COc4ccc5ccccc5c4)CC3)nc12. The summed E-state index contributed by atoms with van der Waals surface area (Å²) >= 11 is 1.58. The smallest absolute Gasteiger partial charge is 0.260 e. The molecule has 3 aromatic carbocycles. The summed E-state index contributed by atoms with van der Waals surface area (Å²) in [5, 5.41) is 3.16. The van der Waals surface area contributed by atoms with Crippen molar-refractivity contribution in [3.8, 4) is 17.2 Å². The summed E-state index contributed by atoms with van der Waals surface area (Å²) in [6.45, 7) is 2.72. The monoisotopic (exact) mass is 463 g/mol. The Morgan fingerprint density at radius 3 is 2.42 bits per heavy atom. The van der Waals surface area contributed by atoms with Crippen molar-refractivity contribution in [1.29, 1.82) is 0 Å². The van der Waals surface area contributed by atoms with Gasteiger partial charge in [-0.15, -0.1) is 0 Å². The van der Waals surface area contributed by atoms with Crippen LogP contribution in [0.4, 0.5) is 5.13 Å². The van der Waals surface area contributed by atoms with Crippen LogP contribution < -0.4 is 19.1 Å². The molecule has 170 valence electrons. The average molecular weight is 464 g/mol. The van der Waals surface area contributed by atoms with Crippen molar-refractivity contribution in [3.63, 3.8) is 0 Å². The molecule has 0 unspecified atom stereocenters. The fourth-order valence-corrected chi connectivity index (χ4v) is 5.18. The largest absolute Gasteiger partial charge is 0.495 e. The van der Waals surface area contributed by atoms with Crippen molar-refractivity contribution < 1.29 is 19.0 Å². The van der Waals surface area contributed by atoms with Crippen molar-refractivity contribution in [2.45, 2.75) is 0 Å². The second kappa shape index (κ2) is 9.15. The number of hydrogen-bond acceptors (Lipinski definition) is 7. The third kappa shape index (κ3) is 4.26. The molecule has 0 aliphatic carbocycles. The van der Waals surface area contributed by atoms with Crippen LogP contribution in [0.3, 0.4) is 0 Å². The number of fused-ring (bicyclic) bond motifs is 2. The van der Waals surface area contributed by atoms with Crippen LogP contribution in [0, 0.1) is 0 Å². The number of hydrogen-bond donors (Lipinski definition) is 0. The van der Waals surface area contributed by atoms with Gasteiger partial charge in [0.15, 0.2) is 11.7 Å². The molecule has 1 amide bonds. The number of amides is 1. The zero-order chi connectivity index (χ0) is 22.8. The van der Waals surface area contributed by atoms with E-state index in [0.717, 1.165) is 37.6 Å². The lowest BCUT2D eigenvalue weighted by Crippen LogP contribution is -2.50. The molecule has 0 saturated carbocycles. The van der Waals surface area contributed by atoms with E-state index < -0.39 is 0 Å². The van der Waals surface area contributed by atoms with Crippen molar-refractivity contribution in [1.82, 2.24) is 9.88 Å². The van der Waals surface area contributed by atoms with E-state index in [9.17, 15) is 4.79 Å². The van der Waals surface area contributed by atoms with Gasteiger partial charge in [0.1, 0.15) is 27.5 Å². The van der Waals surface area contributed by atoms with E-state index in [1.807, 2.05) is 53.4 Å². The number of ether oxygens (including phenoxy) is 3. The molecule has 0 radical (unpaired) electrons. The Labute approximate surface area is 196 Å². The minimum absolute atomic E-state index is 0.00422. The highest BCUT2D eigenvalue weighted by Crippen LogP contribution is 2.40. The third-order valence-corrected chi connectivity index (χ3v) is 7.02. The number of carbonyl (C=O) groups excluding carboxylic acids is 1. The van der Waals surface area contributed by atoms with Crippen LogP contribution in [0.25, 0.3) is 21.0 Å². The van der Waals surface area contributed by atoms with Crippen LogP contribution >= 0.6 is 11.3 Å².